The molecule has 2 aromatic rings. The number of nitrogens with zero attached hydrogens (tertiary/aromatic N) is 1. The molecule has 1 aromatic carbocycles. The Bertz CT molecular complexity index is 540. The van der Waals surface area contributed by atoms with Crippen molar-refractivity contribution in [2.75, 3.05) is 18.5 Å². The van der Waals surface area contributed by atoms with Gasteiger partial charge < -0.3 is 20.4 Å². The summed E-state index contributed by atoms with van der Waals surface area (Å²) in [5, 5.41) is 5.93. The lowest BCUT2D eigenvalue weighted by atomic mass is 10.3. The molecular weight excluding hydrogens is 256 g/mol. The summed E-state index contributed by atoms with van der Waals surface area (Å²) in [7, 11) is 0. The van der Waals surface area contributed by atoms with Crippen LogP contribution in [0.15, 0.2) is 36.7 Å². The molecule has 6 nitrogen and oxygen atoms in total. The number of aromatic nitrogens is 2. The fourth-order valence-corrected chi connectivity index (χ4v) is 1.71. The van der Waals surface area contributed by atoms with Gasteiger partial charge in [0, 0.05) is 37.6 Å². The standard InChI is InChI=1S/C14H18N4O2/c1-11(19)18-12-3-2-4-13(9-12)20-8-7-15-10-14-16-5-6-17-14/h2-6,9,15H,7-8,10H2,1H3,(H,16,17)(H,18,19). The van der Waals surface area contributed by atoms with E-state index in [2.05, 4.69) is 20.6 Å². The van der Waals surface area contributed by atoms with Crippen molar-refractivity contribution in [3.8, 4) is 5.75 Å². The number of hydrogen-bond acceptors (Lipinski definition) is 4. The summed E-state index contributed by atoms with van der Waals surface area (Å²) in [6.45, 7) is 3.42. The molecule has 3 N–H and O–H groups in total. The van der Waals surface area contributed by atoms with E-state index in [0.717, 1.165) is 17.3 Å². The van der Waals surface area contributed by atoms with Crippen LogP contribution in [0.4, 0.5) is 5.69 Å². The van der Waals surface area contributed by atoms with Crippen molar-refractivity contribution in [2.24, 2.45) is 0 Å². The Morgan fingerprint density at radius 2 is 2.35 bits per heavy atom. The van der Waals surface area contributed by atoms with E-state index >= 15 is 0 Å². The third kappa shape index (κ3) is 4.74. The number of H-pyrrole nitrogens is 1. The van der Waals surface area contributed by atoms with E-state index in [0.29, 0.717) is 19.7 Å². The van der Waals surface area contributed by atoms with Crippen molar-refractivity contribution in [1.82, 2.24) is 15.3 Å². The second-order valence-corrected chi connectivity index (χ2v) is 4.27. The predicted molar refractivity (Wildman–Crippen MR) is 76.5 cm³/mol. The maximum absolute atomic E-state index is 11.0. The van der Waals surface area contributed by atoms with Gasteiger partial charge in [-0.15, -0.1) is 0 Å². The average molecular weight is 274 g/mol. The van der Waals surface area contributed by atoms with Crippen LogP contribution in [0.5, 0.6) is 5.75 Å². The number of nitrogens with one attached hydrogen (secondary N) is 3. The van der Waals surface area contributed by atoms with Crippen LogP contribution in [0.3, 0.4) is 0 Å². The van der Waals surface area contributed by atoms with Crippen LogP contribution in [-0.4, -0.2) is 29.0 Å². The summed E-state index contributed by atoms with van der Waals surface area (Å²) in [5.74, 6) is 1.54. The maximum atomic E-state index is 11.0. The number of benzene rings is 1. The Balaban J connectivity index is 1.69. The summed E-state index contributed by atoms with van der Waals surface area (Å²) in [6.07, 6.45) is 3.52. The third-order valence-electron chi connectivity index (χ3n) is 2.55. The van der Waals surface area contributed by atoms with Gasteiger partial charge in [0.1, 0.15) is 18.2 Å². The number of carbonyl (C=O) groups excluding carboxylic acids is 1. The smallest absolute Gasteiger partial charge is 0.221 e. The van der Waals surface area contributed by atoms with E-state index in [9.17, 15) is 4.79 Å². The molecule has 0 radical (unpaired) electrons. The highest BCUT2D eigenvalue weighted by molar-refractivity contribution is 5.88. The SMILES string of the molecule is CC(=O)Nc1cccc(OCCNCc2ncc[nH]2)c1. The van der Waals surface area contributed by atoms with Crippen LogP contribution in [0, 0.1) is 0 Å². The van der Waals surface area contributed by atoms with Crippen LogP contribution >= 0.6 is 0 Å². The molecule has 0 atom stereocenters. The first-order valence-electron chi connectivity index (χ1n) is 6.43. The molecule has 0 spiro atoms. The minimum Gasteiger partial charge on any atom is -0.492 e. The van der Waals surface area contributed by atoms with E-state index in [1.54, 1.807) is 18.5 Å². The van der Waals surface area contributed by atoms with Gasteiger partial charge in [-0.1, -0.05) is 6.07 Å². The molecule has 20 heavy (non-hydrogen) atoms. The molecule has 1 amide bonds. The monoisotopic (exact) mass is 274 g/mol. The topological polar surface area (TPSA) is 79.0 Å². The predicted octanol–water partition coefficient (Wildman–Crippen LogP) is 1.54. The third-order valence-corrected chi connectivity index (χ3v) is 2.55. The molecule has 0 aliphatic carbocycles. The Morgan fingerprint density at radius 3 is 3.10 bits per heavy atom. The molecule has 1 aromatic heterocycles. The first-order chi connectivity index (χ1) is 9.74. The van der Waals surface area contributed by atoms with Gasteiger partial charge in [0.05, 0.1) is 6.54 Å². The number of imidazole rings is 1. The lowest BCUT2D eigenvalue weighted by Gasteiger charge is -2.08. The molecular formula is C14H18N4O2. The zero-order valence-corrected chi connectivity index (χ0v) is 11.3. The molecule has 0 aliphatic rings. The van der Waals surface area contributed by atoms with Crippen molar-refractivity contribution in [2.45, 2.75) is 13.5 Å². The van der Waals surface area contributed by atoms with Gasteiger partial charge in [-0.2, -0.15) is 0 Å². The molecule has 0 aliphatic heterocycles. The summed E-state index contributed by atoms with van der Waals surface area (Å²) in [4.78, 5) is 18.1. The van der Waals surface area contributed by atoms with Gasteiger partial charge in [-0.05, 0) is 12.1 Å². The van der Waals surface area contributed by atoms with Crippen molar-refractivity contribution < 1.29 is 9.53 Å². The number of rotatable bonds is 7. The highest BCUT2D eigenvalue weighted by Crippen LogP contribution is 2.16. The zero-order chi connectivity index (χ0) is 14.2. The van der Waals surface area contributed by atoms with Gasteiger partial charge >= 0.3 is 0 Å². The summed E-state index contributed by atoms with van der Waals surface area (Å²) in [6, 6.07) is 7.33. The molecule has 1 heterocycles. The minimum absolute atomic E-state index is 0.0951. The van der Waals surface area contributed by atoms with E-state index in [-0.39, 0.29) is 5.91 Å². The van der Waals surface area contributed by atoms with Crippen LogP contribution in [-0.2, 0) is 11.3 Å². The molecule has 0 fully saturated rings. The normalized spacial score (nSPS) is 10.2. The quantitative estimate of drug-likeness (QED) is 0.669. The first kappa shape index (κ1) is 14.1. The van der Waals surface area contributed by atoms with Crippen molar-refractivity contribution >= 4 is 11.6 Å². The second kappa shape index (κ2) is 7.30. The molecule has 0 saturated heterocycles. The average Bonchev–Trinajstić information content (AvgIpc) is 2.91. The van der Waals surface area contributed by atoms with Gasteiger partial charge in [0.25, 0.3) is 0 Å². The van der Waals surface area contributed by atoms with E-state index in [1.807, 2.05) is 18.2 Å². The molecule has 0 bridgehead atoms. The van der Waals surface area contributed by atoms with Gasteiger partial charge in [0.2, 0.25) is 5.91 Å². The van der Waals surface area contributed by atoms with Gasteiger partial charge in [0.15, 0.2) is 0 Å². The molecule has 106 valence electrons. The van der Waals surface area contributed by atoms with Crippen molar-refractivity contribution in [3.05, 3.63) is 42.5 Å². The number of ether oxygens (including phenoxy) is 1. The van der Waals surface area contributed by atoms with E-state index in [1.165, 1.54) is 6.92 Å². The number of carbonyl (C=O) groups is 1. The number of anilines is 1. The van der Waals surface area contributed by atoms with Crippen molar-refractivity contribution in [3.63, 3.8) is 0 Å². The Labute approximate surface area is 117 Å². The summed E-state index contributed by atoms with van der Waals surface area (Å²) >= 11 is 0. The number of hydrogen-bond donors (Lipinski definition) is 3. The molecule has 2 rings (SSSR count). The van der Waals surface area contributed by atoms with E-state index < -0.39 is 0 Å². The molecule has 6 heteroatoms. The highest BCUT2D eigenvalue weighted by Gasteiger charge is 1.99. The number of aromatic amines is 1. The Hall–Kier alpha value is -2.34. The van der Waals surface area contributed by atoms with Crippen LogP contribution in [0.2, 0.25) is 0 Å². The zero-order valence-electron chi connectivity index (χ0n) is 11.3. The maximum Gasteiger partial charge on any atom is 0.221 e. The molecule has 0 unspecified atom stereocenters. The summed E-state index contributed by atoms with van der Waals surface area (Å²) < 4.78 is 5.60. The fraction of sp³-hybridized carbons (Fsp3) is 0.286. The van der Waals surface area contributed by atoms with E-state index in [4.69, 9.17) is 4.74 Å². The van der Waals surface area contributed by atoms with Crippen LogP contribution in [0.1, 0.15) is 12.7 Å². The molecule has 0 saturated carbocycles. The lowest BCUT2D eigenvalue weighted by molar-refractivity contribution is -0.114. The van der Waals surface area contributed by atoms with Gasteiger partial charge in [-0.3, -0.25) is 4.79 Å². The lowest BCUT2D eigenvalue weighted by Crippen LogP contribution is -2.21. The first-order valence-corrected chi connectivity index (χ1v) is 6.43. The Kier molecular flexibility index (Phi) is 5.14. The largest absolute Gasteiger partial charge is 0.492 e. The van der Waals surface area contributed by atoms with Crippen molar-refractivity contribution in [1.29, 1.82) is 0 Å². The van der Waals surface area contributed by atoms with Crippen LogP contribution < -0.4 is 15.4 Å². The second-order valence-electron chi connectivity index (χ2n) is 4.27. The minimum atomic E-state index is -0.0951. The van der Waals surface area contributed by atoms with Crippen LogP contribution in [0.25, 0.3) is 0 Å². The fourth-order valence-electron chi connectivity index (χ4n) is 1.71. The Morgan fingerprint density at radius 1 is 1.45 bits per heavy atom. The van der Waals surface area contributed by atoms with Gasteiger partial charge in [-0.25, -0.2) is 4.98 Å². The summed E-state index contributed by atoms with van der Waals surface area (Å²) in [5.41, 5.74) is 0.735. The highest BCUT2D eigenvalue weighted by atomic mass is 16.5. The number of amides is 1.